The monoisotopic (exact) mass is 330 g/mol. The first-order valence-electron chi connectivity index (χ1n) is 8.28. The van der Waals surface area contributed by atoms with Crippen molar-refractivity contribution < 1.29 is 4.74 Å². The van der Waals surface area contributed by atoms with Crippen LogP contribution in [-0.4, -0.2) is 12.8 Å². The molecule has 124 valence electrons. The Balaban J connectivity index is 2.21. The van der Waals surface area contributed by atoms with Crippen LogP contribution in [0.2, 0.25) is 0 Å². The van der Waals surface area contributed by atoms with Crippen LogP contribution in [0.4, 0.5) is 0 Å². The molecule has 0 radical (unpaired) electrons. The maximum absolute atomic E-state index is 9.88. The van der Waals surface area contributed by atoms with Gasteiger partial charge in [-0.15, -0.1) is 0 Å². The molecule has 5 heteroatoms. The zero-order chi connectivity index (χ0) is 18.0. The predicted octanol–water partition coefficient (Wildman–Crippen LogP) is 3.71. The summed E-state index contributed by atoms with van der Waals surface area (Å²) in [7, 11) is 1.58. The standard InChI is InChI=1S/C20H18N4O/c1-25-14-8-6-13(7-9-14)18-16-5-3-2-4-15(16)17(10-21)19(24)20(18,11-22)12-23/h4,6-9,16-18,24H,2-3,5H2,1H3. The van der Waals surface area contributed by atoms with Crippen LogP contribution in [0.15, 0.2) is 35.9 Å². The van der Waals surface area contributed by atoms with E-state index in [4.69, 9.17) is 10.1 Å². The van der Waals surface area contributed by atoms with Gasteiger partial charge in [-0.2, -0.15) is 15.8 Å². The quantitative estimate of drug-likeness (QED) is 0.834. The molecule has 1 saturated carbocycles. The Morgan fingerprint density at radius 1 is 1.16 bits per heavy atom. The molecule has 0 amide bonds. The Bertz CT molecular complexity index is 834. The number of methoxy groups -OCH3 is 1. The maximum atomic E-state index is 9.88. The van der Waals surface area contributed by atoms with Crippen molar-refractivity contribution in [2.24, 2.45) is 17.3 Å². The molecule has 3 rings (SSSR count). The Kier molecular flexibility index (Phi) is 4.30. The molecule has 1 aromatic rings. The second kappa shape index (κ2) is 6.42. The van der Waals surface area contributed by atoms with Gasteiger partial charge in [0.15, 0.2) is 5.41 Å². The van der Waals surface area contributed by atoms with Gasteiger partial charge in [0.05, 0.1) is 31.0 Å². The summed E-state index contributed by atoms with van der Waals surface area (Å²) in [4.78, 5) is 0. The summed E-state index contributed by atoms with van der Waals surface area (Å²) in [5.41, 5.74) is 0.0303. The number of fused-ring (bicyclic) bond motifs is 1. The number of nitrogens with one attached hydrogen (secondary N) is 1. The third-order valence-corrected chi connectivity index (χ3v) is 5.40. The van der Waals surface area contributed by atoms with Gasteiger partial charge in [0.1, 0.15) is 11.7 Å². The minimum atomic E-state index is -1.62. The smallest absolute Gasteiger partial charge is 0.189 e. The normalized spacial score (nSPS) is 27.0. The SMILES string of the molecule is COc1ccc(C2C3CCCC=C3C(C#N)C(=N)C2(C#N)C#N)cc1. The van der Waals surface area contributed by atoms with Crippen LogP contribution in [0.3, 0.4) is 0 Å². The van der Waals surface area contributed by atoms with Crippen molar-refractivity contribution in [1.82, 2.24) is 0 Å². The van der Waals surface area contributed by atoms with Gasteiger partial charge in [-0.1, -0.05) is 18.2 Å². The molecule has 1 fully saturated rings. The summed E-state index contributed by atoms with van der Waals surface area (Å²) in [6.45, 7) is 0. The molecule has 0 saturated heterocycles. The highest BCUT2D eigenvalue weighted by Crippen LogP contribution is 2.55. The van der Waals surface area contributed by atoms with Crippen LogP contribution in [0.1, 0.15) is 30.7 Å². The van der Waals surface area contributed by atoms with E-state index in [1.165, 1.54) is 0 Å². The van der Waals surface area contributed by atoms with Crippen molar-refractivity contribution >= 4 is 5.71 Å². The lowest BCUT2D eigenvalue weighted by Crippen LogP contribution is -2.48. The third-order valence-electron chi connectivity index (χ3n) is 5.40. The predicted molar refractivity (Wildman–Crippen MR) is 91.6 cm³/mol. The second-order valence-corrected chi connectivity index (χ2v) is 6.50. The molecule has 0 heterocycles. The zero-order valence-electron chi connectivity index (χ0n) is 14.0. The first-order chi connectivity index (χ1) is 12.1. The van der Waals surface area contributed by atoms with Gasteiger partial charge in [0.2, 0.25) is 0 Å². The molecule has 2 aliphatic rings. The van der Waals surface area contributed by atoms with Crippen LogP contribution in [0.5, 0.6) is 5.75 Å². The molecule has 25 heavy (non-hydrogen) atoms. The van der Waals surface area contributed by atoms with E-state index in [2.05, 4.69) is 18.2 Å². The van der Waals surface area contributed by atoms with Crippen LogP contribution in [-0.2, 0) is 0 Å². The largest absolute Gasteiger partial charge is 0.497 e. The van der Waals surface area contributed by atoms with E-state index in [0.717, 1.165) is 30.4 Å². The molecule has 1 N–H and O–H groups in total. The van der Waals surface area contributed by atoms with Gasteiger partial charge >= 0.3 is 0 Å². The molecule has 3 unspecified atom stereocenters. The highest BCUT2D eigenvalue weighted by Gasteiger charge is 2.57. The average Bonchev–Trinajstić information content (AvgIpc) is 2.67. The van der Waals surface area contributed by atoms with Crippen molar-refractivity contribution in [1.29, 1.82) is 21.2 Å². The van der Waals surface area contributed by atoms with Gasteiger partial charge in [-0.25, -0.2) is 0 Å². The zero-order valence-corrected chi connectivity index (χ0v) is 14.0. The average molecular weight is 330 g/mol. The van der Waals surface area contributed by atoms with E-state index in [-0.39, 0.29) is 11.6 Å². The fourth-order valence-electron chi connectivity index (χ4n) is 4.20. The summed E-state index contributed by atoms with van der Waals surface area (Å²) in [6.07, 6.45) is 4.68. The lowest BCUT2D eigenvalue weighted by atomic mass is 9.53. The minimum absolute atomic E-state index is 0.0693. The summed E-state index contributed by atoms with van der Waals surface area (Å²) in [5.74, 6) is -0.597. The number of benzene rings is 1. The fraction of sp³-hybridized carbons (Fsp3) is 0.400. The van der Waals surface area contributed by atoms with Gasteiger partial charge in [-0.05, 0) is 48.4 Å². The van der Waals surface area contributed by atoms with Gasteiger partial charge < -0.3 is 10.1 Å². The van der Waals surface area contributed by atoms with Crippen molar-refractivity contribution in [2.45, 2.75) is 25.2 Å². The van der Waals surface area contributed by atoms with Gasteiger partial charge in [0, 0.05) is 5.92 Å². The lowest BCUT2D eigenvalue weighted by molar-refractivity contribution is 0.320. The van der Waals surface area contributed by atoms with E-state index in [1.54, 1.807) is 19.2 Å². The summed E-state index contributed by atoms with van der Waals surface area (Å²) < 4.78 is 5.20. The van der Waals surface area contributed by atoms with Crippen LogP contribution < -0.4 is 4.74 Å². The summed E-state index contributed by atoms with van der Waals surface area (Å²) in [5, 5.41) is 37.8. The van der Waals surface area contributed by atoms with Gasteiger partial charge in [0.25, 0.3) is 0 Å². The first kappa shape index (κ1) is 16.7. The molecule has 0 aliphatic heterocycles. The van der Waals surface area contributed by atoms with Crippen molar-refractivity contribution in [3.63, 3.8) is 0 Å². The van der Waals surface area contributed by atoms with Crippen molar-refractivity contribution in [2.75, 3.05) is 7.11 Å². The Morgan fingerprint density at radius 2 is 1.84 bits per heavy atom. The number of hydrogen-bond acceptors (Lipinski definition) is 5. The molecule has 0 spiro atoms. The number of nitrogens with zero attached hydrogens (tertiary/aromatic N) is 3. The molecule has 5 nitrogen and oxygen atoms in total. The van der Waals surface area contributed by atoms with Crippen LogP contribution in [0.25, 0.3) is 0 Å². The van der Waals surface area contributed by atoms with Gasteiger partial charge in [-0.3, -0.25) is 0 Å². The molecule has 3 atom stereocenters. The molecular formula is C20H18N4O. The number of allylic oxidation sites excluding steroid dienone is 2. The van der Waals surface area contributed by atoms with E-state index in [9.17, 15) is 15.8 Å². The molecule has 0 aromatic heterocycles. The lowest BCUT2D eigenvalue weighted by Gasteiger charge is -2.45. The van der Waals surface area contributed by atoms with Crippen LogP contribution >= 0.6 is 0 Å². The van der Waals surface area contributed by atoms with Crippen molar-refractivity contribution in [3.05, 3.63) is 41.5 Å². The number of rotatable bonds is 2. The third kappa shape index (κ3) is 2.39. The second-order valence-electron chi connectivity index (χ2n) is 6.50. The van der Waals surface area contributed by atoms with E-state index in [0.29, 0.717) is 5.75 Å². The fourth-order valence-corrected chi connectivity index (χ4v) is 4.20. The number of hydrogen-bond donors (Lipinski definition) is 1. The summed E-state index contributed by atoms with van der Waals surface area (Å²) in [6, 6.07) is 13.7. The molecule has 2 aliphatic carbocycles. The number of nitriles is 3. The van der Waals surface area contributed by atoms with Crippen LogP contribution in [0, 0.1) is 56.7 Å². The highest BCUT2D eigenvalue weighted by molar-refractivity contribution is 6.00. The van der Waals surface area contributed by atoms with Crippen molar-refractivity contribution in [3.8, 4) is 24.0 Å². The topological polar surface area (TPSA) is 104 Å². The Hall–Kier alpha value is -3.10. The molecular weight excluding hydrogens is 312 g/mol. The van der Waals surface area contributed by atoms with E-state index in [1.807, 2.05) is 18.2 Å². The van der Waals surface area contributed by atoms with E-state index < -0.39 is 17.3 Å². The highest BCUT2D eigenvalue weighted by atomic mass is 16.5. The first-order valence-corrected chi connectivity index (χ1v) is 8.28. The Labute approximate surface area is 147 Å². The minimum Gasteiger partial charge on any atom is -0.497 e. The summed E-state index contributed by atoms with van der Waals surface area (Å²) >= 11 is 0. The van der Waals surface area contributed by atoms with E-state index >= 15 is 0 Å². The molecule has 1 aromatic carbocycles. The molecule has 0 bridgehead atoms. The Morgan fingerprint density at radius 3 is 2.40 bits per heavy atom. The maximum Gasteiger partial charge on any atom is 0.189 e. The number of ether oxygens (including phenoxy) is 1.